The van der Waals surface area contributed by atoms with E-state index in [1.54, 1.807) is 20.8 Å². The first-order valence-corrected chi connectivity index (χ1v) is 6.65. The summed E-state index contributed by atoms with van der Waals surface area (Å²) < 4.78 is 32.8. The molecular formula is C13H19F2NO4. The minimum Gasteiger partial charge on any atom is -0.480 e. The molecule has 3 fully saturated rings. The van der Waals surface area contributed by atoms with Gasteiger partial charge in [-0.1, -0.05) is 0 Å². The largest absolute Gasteiger partial charge is 0.480 e. The molecule has 0 spiro atoms. The fraction of sp³-hybridized carbons (Fsp3) is 0.846. The fourth-order valence-corrected chi connectivity index (χ4v) is 3.07. The highest BCUT2D eigenvalue weighted by Crippen LogP contribution is 2.49. The van der Waals surface area contributed by atoms with Gasteiger partial charge in [0.25, 0.3) is 5.92 Å². The molecule has 1 N–H and O–H groups in total. The van der Waals surface area contributed by atoms with E-state index in [0.717, 1.165) is 4.90 Å². The number of fused-ring (bicyclic) bond motifs is 3. The van der Waals surface area contributed by atoms with Crippen LogP contribution in [0.1, 0.15) is 40.0 Å². The minimum atomic E-state index is -3.04. The number of nitrogens with zero attached hydrogens (tertiary/aromatic N) is 1. The maximum Gasteiger partial charge on any atom is 0.411 e. The summed E-state index contributed by atoms with van der Waals surface area (Å²) in [5, 5.41) is 9.23. The summed E-state index contributed by atoms with van der Waals surface area (Å²) in [5.74, 6) is -5.77. The van der Waals surface area contributed by atoms with E-state index < -0.39 is 48.0 Å². The van der Waals surface area contributed by atoms with Crippen LogP contribution in [0.25, 0.3) is 0 Å². The van der Waals surface area contributed by atoms with Crippen LogP contribution in [0.5, 0.6) is 0 Å². The van der Waals surface area contributed by atoms with E-state index in [1.165, 1.54) is 0 Å². The lowest BCUT2D eigenvalue weighted by molar-refractivity contribution is -0.192. The van der Waals surface area contributed by atoms with Crippen molar-refractivity contribution in [3.05, 3.63) is 0 Å². The van der Waals surface area contributed by atoms with E-state index in [2.05, 4.69) is 0 Å². The molecule has 2 heterocycles. The Morgan fingerprint density at radius 2 is 1.90 bits per heavy atom. The van der Waals surface area contributed by atoms with Gasteiger partial charge in [-0.05, 0) is 33.6 Å². The second-order valence-corrected chi connectivity index (χ2v) is 6.47. The van der Waals surface area contributed by atoms with Gasteiger partial charge in [0.05, 0.1) is 5.92 Å². The van der Waals surface area contributed by atoms with Gasteiger partial charge in [0, 0.05) is 12.5 Å². The number of rotatable bonds is 1. The summed E-state index contributed by atoms with van der Waals surface area (Å²) in [6.45, 7) is 4.95. The smallest absolute Gasteiger partial charge is 0.411 e. The van der Waals surface area contributed by atoms with Gasteiger partial charge in [-0.3, -0.25) is 4.90 Å². The third kappa shape index (κ3) is 2.58. The van der Waals surface area contributed by atoms with E-state index in [9.17, 15) is 23.5 Å². The Hall–Kier alpha value is -1.40. The summed E-state index contributed by atoms with van der Waals surface area (Å²) in [4.78, 5) is 24.5. The maximum atomic E-state index is 13.8. The topological polar surface area (TPSA) is 66.8 Å². The van der Waals surface area contributed by atoms with Crippen LogP contribution in [0.2, 0.25) is 0 Å². The molecule has 3 rings (SSSR count). The molecular weight excluding hydrogens is 272 g/mol. The van der Waals surface area contributed by atoms with Crippen LogP contribution in [0, 0.1) is 5.92 Å². The number of piperidine rings is 2. The second-order valence-electron chi connectivity index (χ2n) is 6.47. The van der Waals surface area contributed by atoms with Crippen molar-refractivity contribution in [2.24, 2.45) is 5.92 Å². The third-order valence-corrected chi connectivity index (χ3v) is 3.79. The Balaban J connectivity index is 2.28. The lowest BCUT2D eigenvalue weighted by Gasteiger charge is -2.52. The molecule has 1 saturated carbocycles. The molecule has 0 aromatic heterocycles. The second kappa shape index (κ2) is 4.56. The van der Waals surface area contributed by atoms with Crippen molar-refractivity contribution in [2.75, 3.05) is 0 Å². The van der Waals surface area contributed by atoms with Crippen molar-refractivity contribution in [1.82, 2.24) is 4.90 Å². The van der Waals surface area contributed by atoms with Gasteiger partial charge >= 0.3 is 12.1 Å². The molecule has 2 aliphatic heterocycles. The highest BCUT2D eigenvalue weighted by molar-refractivity contribution is 5.81. The Morgan fingerprint density at radius 3 is 2.35 bits per heavy atom. The van der Waals surface area contributed by atoms with Crippen LogP contribution < -0.4 is 0 Å². The van der Waals surface area contributed by atoms with E-state index in [1.807, 2.05) is 0 Å². The van der Waals surface area contributed by atoms with Gasteiger partial charge in [0.15, 0.2) is 0 Å². The van der Waals surface area contributed by atoms with Gasteiger partial charge in [-0.2, -0.15) is 0 Å². The lowest BCUT2D eigenvalue weighted by Crippen LogP contribution is -2.67. The summed E-state index contributed by atoms with van der Waals surface area (Å²) in [6, 6.07) is -2.28. The molecule has 0 radical (unpaired) electrons. The van der Waals surface area contributed by atoms with Crippen molar-refractivity contribution >= 4 is 12.1 Å². The Morgan fingerprint density at radius 1 is 1.30 bits per heavy atom. The number of amides is 1. The highest BCUT2D eigenvalue weighted by Gasteiger charge is 2.61. The van der Waals surface area contributed by atoms with E-state index in [-0.39, 0.29) is 6.42 Å². The summed E-state index contributed by atoms with van der Waals surface area (Å²) in [7, 11) is 0. The van der Waals surface area contributed by atoms with Crippen LogP contribution in [0.15, 0.2) is 0 Å². The SMILES string of the molecule is CC(C)(C)OC(=O)N1[C@@H]2CC[C@H]([C@H]1C(=O)O)C(F)(F)C2. The molecule has 3 aliphatic rings. The number of ether oxygens (including phenoxy) is 1. The fourth-order valence-electron chi connectivity index (χ4n) is 3.07. The van der Waals surface area contributed by atoms with Crippen molar-refractivity contribution in [2.45, 2.75) is 63.6 Å². The molecule has 3 atom stereocenters. The Labute approximate surface area is 115 Å². The van der Waals surface area contributed by atoms with Gasteiger partial charge in [-0.25, -0.2) is 18.4 Å². The quantitative estimate of drug-likeness (QED) is 0.806. The maximum absolute atomic E-state index is 13.8. The first-order valence-electron chi connectivity index (χ1n) is 6.65. The number of hydrogen-bond acceptors (Lipinski definition) is 3. The monoisotopic (exact) mass is 291 g/mol. The molecule has 1 aliphatic carbocycles. The minimum absolute atomic E-state index is 0.119. The summed E-state index contributed by atoms with van der Waals surface area (Å²) >= 11 is 0. The van der Waals surface area contributed by atoms with E-state index in [0.29, 0.717) is 6.42 Å². The number of aliphatic carboxylic acids is 1. The molecule has 1 amide bonds. The molecule has 0 aromatic rings. The zero-order chi connectivity index (χ0) is 15.3. The van der Waals surface area contributed by atoms with Crippen LogP contribution >= 0.6 is 0 Å². The van der Waals surface area contributed by atoms with Gasteiger partial charge in [0.2, 0.25) is 0 Å². The van der Waals surface area contributed by atoms with Crippen molar-refractivity contribution in [3.63, 3.8) is 0 Å². The molecule has 114 valence electrons. The van der Waals surface area contributed by atoms with E-state index in [4.69, 9.17) is 4.74 Å². The summed E-state index contributed by atoms with van der Waals surface area (Å²) in [6.07, 6.45) is -0.798. The lowest BCUT2D eigenvalue weighted by atomic mass is 9.72. The number of alkyl halides is 2. The average Bonchev–Trinajstić information content (AvgIpc) is 2.24. The number of carbonyl (C=O) groups is 2. The van der Waals surface area contributed by atoms with Crippen LogP contribution in [0.3, 0.4) is 0 Å². The first-order chi connectivity index (χ1) is 9.03. The highest BCUT2D eigenvalue weighted by atomic mass is 19.3. The number of carboxylic acid groups (broad SMARTS) is 1. The molecule has 0 aromatic carbocycles. The van der Waals surface area contributed by atoms with Crippen molar-refractivity contribution < 1.29 is 28.2 Å². The van der Waals surface area contributed by atoms with Crippen molar-refractivity contribution in [1.29, 1.82) is 0 Å². The zero-order valence-electron chi connectivity index (χ0n) is 11.7. The Bertz CT molecular complexity index is 433. The normalized spacial score (nSPS) is 32.0. The molecule has 2 saturated heterocycles. The third-order valence-electron chi connectivity index (χ3n) is 3.79. The number of carboxylic acids is 1. The van der Waals surface area contributed by atoms with Gasteiger partial charge in [0.1, 0.15) is 11.6 Å². The molecule has 5 nitrogen and oxygen atoms in total. The predicted molar refractivity (Wildman–Crippen MR) is 65.6 cm³/mol. The van der Waals surface area contributed by atoms with Crippen LogP contribution in [-0.2, 0) is 9.53 Å². The predicted octanol–water partition coefficient (Wildman–Crippen LogP) is 2.49. The zero-order valence-corrected chi connectivity index (χ0v) is 11.7. The van der Waals surface area contributed by atoms with Gasteiger partial charge < -0.3 is 9.84 Å². The van der Waals surface area contributed by atoms with Crippen LogP contribution in [-0.4, -0.2) is 45.7 Å². The number of hydrogen-bond donors (Lipinski definition) is 1. The van der Waals surface area contributed by atoms with Crippen molar-refractivity contribution in [3.8, 4) is 0 Å². The van der Waals surface area contributed by atoms with E-state index >= 15 is 0 Å². The number of halogens is 2. The Kier molecular flexibility index (Phi) is 3.42. The average molecular weight is 291 g/mol. The standard InChI is InChI=1S/C13H19F2NO4/c1-12(2,3)20-11(19)16-7-4-5-8(9(16)10(17)18)13(14,15)6-7/h7-9H,4-6H2,1-3H3,(H,17,18)/t7-,8-,9+/m1/s1. The summed E-state index contributed by atoms with van der Waals surface area (Å²) in [5.41, 5.74) is -0.792. The molecule has 0 unspecified atom stereocenters. The number of carbonyl (C=O) groups excluding carboxylic acids is 1. The van der Waals surface area contributed by atoms with Crippen LogP contribution in [0.4, 0.5) is 13.6 Å². The molecule has 20 heavy (non-hydrogen) atoms. The van der Waals surface area contributed by atoms with Gasteiger partial charge in [-0.15, -0.1) is 0 Å². The molecule has 2 bridgehead atoms. The first kappa shape index (κ1) is 15.0. The molecule has 7 heteroatoms.